The van der Waals surface area contributed by atoms with E-state index in [9.17, 15) is 0 Å². The van der Waals surface area contributed by atoms with E-state index in [2.05, 4.69) is 9.97 Å². The van der Waals surface area contributed by atoms with Gasteiger partial charge in [-0.15, -0.1) is 0 Å². The number of hydrogen-bond acceptors (Lipinski definition) is 3. The molecular formula is C9H11N3OS. The number of nitrogens with zero attached hydrogens (tertiary/aromatic N) is 2. The normalized spacial score (nSPS) is 11.0. The highest BCUT2D eigenvalue weighted by Gasteiger charge is 2.07. The maximum absolute atomic E-state index is 8.91. The van der Waals surface area contributed by atoms with E-state index >= 15 is 0 Å². The number of aromatic amines is 1. The summed E-state index contributed by atoms with van der Waals surface area (Å²) >= 11 is 5.14. The molecule has 5 heteroatoms. The number of aromatic nitrogens is 3. The van der Waals surface area contributed by atoms with Gasteiger partial charge in [0, 0.05) is 19.9 Å². The van der Waals surface area contributed by atoms with Crippen molar-refractivity contribution in [3.8, 4) is 0 Å². The van der Waals surface area contributed by atoms with Crippen LogP contribution >= 0.6 is 12.2 Å². The van der Waals surface area contributed by atoms with Crippen molar-refractivity contribution in [1.82, 2.24) is 14.5 Å². The summed E-state index contributed by atoms with van der Waals surface area (Å²) in [6.07, 6.45) is 4.17. The molecule has 74 valence electrons. The summed E-state index contributed by atoms with van der Waals surface area (Å²) in [6, 6.07) is 0. The van der Waals surface area contributed by atoms with Crippen LogP contribution in [-0.4, -0.2) is 26.2 Å². The molecule has 2 heterocycles. The Kier molecular flexibility index (Phi) is 2.35. The van der Waals surface area contributed by atoms with Gasteiger partial charge in [-0.05, 0) is 12.0 Å². The van der Waals surface area contributed by atoms with Crippen LogP contribution < -0.4 is 0 Å². The van der Waals surface area contributed by atoms with Crippen molar-refractivity contribution in [2.45, 2.75) is 6.42 Å². The molecule has 0 aliphatic rings. The minimum Gasteiger partial charge on any atom is -0.396 e. The number of H-pyrrole nitrogens is 1. The second-order valence-electron chi connectivity index (χ2n) is 3.17. The maximum atomic E-state index is 8.91. The van der Waals surface area contributed by atoms with Crippen LogP contribution in [0, 0.1) is 4.64 Å². The molecule has 0 spiro atoms. The Morgan fingerprint density at radius 1 is 1.64 bits per heavy atom. The van der Waals surface area contributed by atoms with Crippen molar-refractivity contribution in [2.75, 3.05) is 6.61 Å². The molecule has 0 radical (unpaired) electrons. The zero-order valence-electron chi connectivity index (χ0n) is 7.82. The van der Waals surface area contributed by atoms with Crippen LogP contribution in [-0.2, 0) is 13.5 Å². The molecule has 0 bridgehead atoms. The predicted octanol–water partition coefficient (Wildman–Crippen LogP) is 1.17. The predicted molar refractivity (Wildman–Crippen MR) is 56.7 cm³/mol. The molecule has 14 heavy (non-hydrogen) atoms. The molecule has 0 amide bonds. The molecule has 0 atom stereocenters. The average molecular weight is 209 g/mol. The van der Waals surface area contributed by atoms with E-state index < -0.39 is 0 Å². The lowest BCUT2D eigenvalue weighted by molar-refractivity contribution is 0.300. The fourth-order valence-electron chi connectivity index (χ4n) is 1.63. The third kappa shape index (κ3) is 1.34. The number of aryl methyl sites for hydroxylation is 1. The van der Waals surface area contributed by atoms with Crippen molar-refractivity contribution in [1.29, 1.82) is 0 Å². The summed E-state index contributed by atoms with van der Waals surface area (Å²) in [4.78, 5) is 7.07. The van der Waals surface area contributed by atoms with E-state index in [1.807, 2.05) is 17.8 Å². The molecule has 2 rings (SSSR count). The summed E-state index contributed by atoms with van der Waals surface area (Å²) in [5.41, 5.74) is 1.99. The number of aliphatic hydroxyl groups is 1. The first-order chi connectivity index (χ1) is 6.74. The lowest BCUT2D eigenvalue weighted by Gasteiger charge is -1.95. The summed E-state index contributed by atoms with van der Waals surface area (Å²) < 4.78 is 2.54. The third-order valence-corrected chi connectivity index (χ3v) is 2.55. The standard InChI is InChI=1S/C9H11N3OS/c1-12-4-6(2-3-13)7-8(12)10-5-11-9(7)14/h4-5,13H,2-3H2,1H3,(H,10,11,14). The van der Waals surface area contributed by atoms with Gasteiger partial charge >= 0.3 is 0 Å². The zero-order chi connectivity index (χ0) is 10.1. The van der Waals surface area contributed by atoms with Crippen LogP contribution in [0.2, 0.25) is 0 Å². The molecule has 0 saturated heterocycles. The Morgan fingerprint density at radius 3 is 3.14 bits per heavy atom. The van der Waals surface area contributed by atoms with Gasteiger partial charge in [-0.25, -0.2) is 4.98 Å². The highest BCUT2D eigenvalue weighted by atomic mass is 32.1. The summed E-state index contributed by atoms with van der Waals surface area (Å²) in [5.74, 6) is 0. The number of fused-ring (bicyclic) bond motifs is 1. The zero-order valence-corrected chi connectivity index (χ0v) is 8.64. The van der Waals surface area contributed by atoms with Gasteiger partial charge in [-0.1, -0.05) is 12.2 Å². The number of aliphatic hydroxyl groups excluding tert-OH is 1. The van der Waals surface area contributed by atoms with Gasteiger partial charge in [0.05, 0.1) is 11.7 Å². The van der Waals surface area contributed by atoms with Gasteiger partial charge < -0.3 is 14.7 Å². The smallest absolute Gasteiger partial charge is 0.139 e. The highest BCUT2D eigenvalue weighted by Crippen LogP contribution is 2.18. The maximum Gasteiger partial charge on any atom is 0.139 e. The molecule has 2 aromatic heterocycles. The lowest BCUT2D eigenvalue weighted by Crippen LogP contribution is -1.89. The molecule has 0 unspecified atom stereocenters. The first-order valence-corrected chi connectivity index (χ1v) is 4.77. The summed E-state index contributed by atoms with van der Waals surface area (Å²) in [6.45, 7) is 0.128. The quantitative estimate of drug-likeness (QED) is 0.730. The second kappa shape index (κ2) is 3.51. The molecule has 0 aromatic carbocycles. The van der Waals surface area contributed by atoms with Crippen molar-refractivity contribution in [3.63, 3.8) is 0 Å². The van der Waals surface area contributed by atoms with Crippen LogP contribution in [0.3, 0.4) is 0 Å². The van der Waals surface area contributed by atoms with E-state index in [0.29, 0.717) is 11.1 Å². The van der Waals surface area contributed by atoms with Gasteiger partial charge in [0.1, 0.15) is 10.3 Å². The van der Waals surface area contributed by atoms with Crippen molar-refractivity contribution in [2.24, 2.45) is 7.05 Å². The molecule has 0 aliphatic carbocycles. The number of nitrogens with one attached hydrogen (secondary N) is 1. The van der Waals surface area contributed by atoms with Crippen LogP contribution in [0.15, 0.2) is 12.5 Å². The summed E-state index contributed by atoms with van der Waals surface area (Å²) in [7, 11) is 1.94. The molecule has 0 fully saturated rings. The molecule has 4 nitrogen and oxygen atoms in total. The molecule has 0 aliphatic heterocycles. The fraction of sp³-hybridized carbons (Fsp3) is 0.333. The molecule has 2 N–H and O–H groups in total. The topological polar surface area (TPSA) is 53.8 Å². The Labute approximate surface area is 86.2 Å². The Hall–Kier alpha value is -1.20. The van der Waals surface area contributed by atoms with Crippen LogP contribution in [0.1, 0.15) is 5.56 Å². The van der Waals surface area contributed by atoms with Crippen molar-refractivity contribution < 1.29 is 5.11 Å². The minimum absolute atomic E-state index is 0.128. The Bertz CT molecular complexity index is 514. The molecule has 2 aromatic rings. The number of hydrogen-bond donors (Lipinski definition) is 2. The summed E-state index contributed by atoms with van der Waals surface area (Å²) in [5, 5.41) is 9.85. The van der Waals surface area contributed by atoms with Crippen LogP contribution in [0.5, 0.6) is 0 Å². The van der Waals surface area contributed by atoms with E-state index in [0.717, 1.165) is 16.6 Å². The van der Waals surface area contributed by atoms with Gasteiger partial charge in [0.15, 0.2) is 0 Å². The van der Waals surface area contributed by atoms with Gasteiger partial charge in [0.2, 0.25) is 0 Å². The largest absolute Gasteiger partial charge is 0.396 e. The monoisotopic (exact) mass is 209 g/mol. The van der Waals surface area contributed by atoms with Crippen molar-refractivity contribution >= 4 is 23.3 Å². The average Bonchev–Trinajstić information content (AvgIpc) is 2.46. The van der Waals surface area contributed by atoms with Gasteiger partial charge in [-0.3, -0.25) is 0 Å². The van der Waals surface area contributed by atoms with E-state index in [1.54, 1.807) is 6.33 Å². The number of rotatable bonds is 2. The lowest BCUT2D eigenvalue weighted by atomic mass is 10.2. The minimum atomic E-state index is 0.128. The van der Waals surface area contributed by atoms with E-state index in [1.165, 1.54) is 0 Å². The third-order valence-electron chi connectivity index (χ3n) is 2.24. The SMILES string of the molecule is Cn1cc(CCO)c2c(=S)nc[nH]c21. The molecular weight excluding hydrogens is 198 g/mol. The fourth-order valence-corrected chi connectivity index (χ4v) is 1.91. The Balaban J connectivity index is 2.79. The van der Waals surface area contributed by atoms with Gasteiger partial charge in [-0.2, -0.15) is 0 Å². The highest BCUT2D eigenvalue weighted by molar-refractivity contribution is 7.71. The van der Waals surface area contributed by atoms with Gasteiger partial charge in [0.25, 0.3) is 0 Å². The van der Waals surface area contributed by atoms with Crippen LogP contribution in [0.4, 0.5) is 0 Å². The molecule has 0 saturated carbocycles. The first kappa shape index (κ1) is 9.36. The Morgan fingerprint density at radius 2 is 2.43 bits per heavy atom. The van der Waals surface area contributed by atoms with Crippen molar-refractivity contribution in [3.05, 3.63) is 22.7 Å². The van der Waals surface area contributed by atoms with E-state index in [4.69, 9.17) is 17.3 Å². The first-order valence-electron chi connectivity index (χ1n) is 4.36. The van der Waals surface area contributed by atoms with E-state index in [-0.39, 0.29) is 6.61 Å². The second-order valence-corrected chi connectivity index (χ2v) is 3.56. The van der Waals surface area contributed by atoms with Crippen LogP contribution in [0.25, 0.3) is 11.0 Å².